The zero-order chi connectivity index (χ0) is 20.5. The molecule has 6 N–H and O–H groups in total. The highest BCUT2D eigenvalue weighted by atomic mass is 16.7. The third kappa shape index (κ3) is 4.78. The van der Waals surface area contributed by atoms with E-state index >= 15 is 0 Å². The first-order valence-electron chi connectivity index (χ1n) is 9.21. The number of hydrogen-bond donors (Lipinski definition) is 6. The molecular formula is C19H32O8. The lowest BCUT2D eigenvalue weighted by atomic mass is 9.70. The van der Waals surface area contributed by atoms with Crippen LogP contribution in [0, 0.1) is 5.41 Å². The Morgan fingerprint density at radius 1 is 1.15 bits per heavy atom. The van der Waals surface area contributed by atoms with E-state index < -0.39 is 55.6 Å². The summed E-state index contributed by atoms with van der Waals surface area (Å²) in [5.74, 6) is 0. The van der Waals surface area contributed by atoms with E-state index in [-0.39, 0.29) is 5.41 Å². The van der Waals surface area contributed by atoms with Crippen molar-refractivity contribution in [3.8, 4) is 0 Å². The fourth-order valence-corrected chi connectivity index (χ4v) is 3.75. The zero-order valence-corrected chi connectivity index (χ0v) is 16.2. The molecule has 2 aliphatic rings. The van der Waals surface area contributed by atoms with Crippen LogP contribution < -0.4 is 0 Å². The minimum atomic E-state index is -1.49. The molecule has 1 fully saturated rings. The predicted molar refractivity (Wildman–Crippen MR) is 96.6 cm³/mol. The molecule has 2 rings (SSSR count). The number of allylic oxidation sites excluding steroid dienone is 2. The molecule has 1 aliphatic carbocycles. The maximum absolute atomic E-state index is 10.1. The summed E-state index contributed by atoms with van der Waals surface area (Å²) in [7, 11) is 0. The first-order chi connectivity index (χ1) is 12.5. The van der Waals surface area contributed by atoms with Crippen molar-refractivity contribution in [1.82, 2.24) is 0 Å². The first kappa shape index (κ1) is 22.4. The molecular weight excluding hydrogens is 356 g/mol. The van der Waals surface area contributed by atoms with Crippen LogP contribution in [0.3, 0.4) is 0 Å². The van der Waals surface area contributed by atoms with E-state index in [2.05, 4.69) is 0 Å². The van der Waals surface area contributed by atoms with Gasteiger partial charge in [0.15, 0.2) is 6.29 Å². The summed E-state index contributed by atoms with van der Waals surface area (Å²) in [5.41, 5.74) is 1.25. The van der Waals surface area contributed by atoms with Crippen molar-refractivity contribution in [1.29, 1.82) is 0 Å². The quantitative estimate of drug-likeness (QED) is 0.360. The van der Waals surface area contributed by atoms with Gasteiger partial charge in [-0.3, -0.25) is 0 Å². The van der Waals surface area contributed by atoms with Gasteiger partial charge in [-0.1, -0.05) is 26.0 Å². The summed E-state index contributed by atoms with van der Waals surface area (Å²) in [6.07, 6.45) is -4.88. The van der Waals surface area contributed by atoms with E-state index in [1.165, 1.54) is 0 Å². The standard InChI is InChI=1S/C19H32O8/c1-9(26-18-17(25)16(24)15(23)13(8-20)27-18)5-6-11-10(2)14(22)12(21)7-19(11,3)4/h5-6,9,12-18,20-25H,7-8H2,1-4H3/b6-5-/t9-,12-,13+,14+,15+,16-,17+,18+/m0/s1. The fourth-order valence-electron chi connectivity index (χ4n) is 3.75. The molecule has 0 unspecified atom stereocenters. The third-order valence-corrected chi connectivity index (χ3v) is 5.41. The van der Waals surface area contributed by atoms with Gasteiger partial charge in [-0.2, -0.15) is 0 Å². The van der Waals surface area contributed by atoms with Gasteiger partial charge in [0.2, 0.25) is 0 Å². The van der Waals surface area contributed by atoms with Crippen LogP contribution in [0.15, 0.2) is 23.3 Å². The molecule has 0 aromatic carbocycles. The minimum Gasteiger partial charge on any atom is -0.394 e. The van der Waals surface area contributed by atoms with E-state index in [9.17, 15) is 30.6 Å². The van der Waals surface area contributed by atoms with Crippen LogP contribution in [0.2, 0.25) is 0 Å². The Bertz CT molecular complexity index is 570. The Kier molecular flexibility index (Phi) is 7.21. The lowest BCUT2D eigenvalue weighted by Gasteiger charge is -2.40. The molecule has 1 saturated heterocycles. The monoisotopic (exact) mass is 388 g/mol. The predicted octanol–water partition coefficient (Wildman–Crippen LogP) is -0.784. The van der Waals surface area contributed by atoms with Crippen LogP contribution in [-0.4, -0.2) is 86.3 Å². The van der Waals surface area contributed by atoms with Crippen molar-refractivity contribution >= 4 is 0 Å². The Hall–Kier alpha value is -0.840. The summed E-state index contributed by atoms with van der Waals surface area (Å²) < 4.78 is 11.0. The lowest BCUT2D eigenvalue weighted by Crippen LogP contribution is -2.59. The Balaban J connectivity index is 2.09. The molecule has 27 heavy (non-hydrogen) atoms. The summed E-state index contributed by atoms with van der Waals surface area (Å²) in [5, 5.41) is 59.0. The second-order valence-corrected chi connectivity index (χ2v) is 8.09. The fraction of sp³-hybridized carbons (Fsp3) is 0.789. The smallest absolute Gasteiger partial charge is 0.187 e. The van der Waals surface area contributed by atoms with E-state index in [1.807, 2.05) is 19.9 Å². The molecule has 0 spiro atoms. The molecule has 0 aromatic rings. The number of ether oxygens (including phenoxy) is 2. The average Bonchev–Trinajstić information content (AvgIpc) is 2.59. The van der Waals surface area contributed by atoms with Gasteiger partial charge in [-0.15, -0.1) is 0 Å². The van der Waals surface area contributed by atoms with E-state index in [0.29, 0.717) is 12.0 Å². The van der Waals surface area contributed by atoms with Gasteiger partial charge in [0, 0.05) is 0 Å². The summed E-state index contributed by atoms with van der Waals surface area (Å²) in [6, 6.07) is 0. The molecule has 8 nitrogen and oxygen atoms in total. The highest BCUT2D eigenvalue weighted by molar-refractivity contribution is 5.36. The average molecular weight is 388 g/mol. The molecule has 0 radical (unpaired) electrons. The lowest BCUT2D eigenvalue weighted by molar-refractivity contribution is -0.306. The molecule has 8 heteroatoms. The van der Waals surface area contributed by atoms with Gasteiger partial charge in [0.25, 0.3) is 0 Å². The summed E-state index contributed by atoms with van der Waals surface area (Å²) >= 11 is 0. The van der Waals surface area contributed by atoms with E-state index in [4.69, 9.17) is 9.47 Å². The van der Waals surface area contributed by atoms with Gasteiger partial charge in [0.05, 0.1) is 18.8 Å². The minimum absolute atomic E-state index is 0.331. The molecule has 8 atom stereocenters. The van der Waals surface area contributed by atoms with Crippen LogP contribution in [0.1, 0.15) is 34.1 Å². The molecule has 0 saturated carbocycles. The molecule has 0 bridgehead atoms. The van der Waals surface area contributed by atoms with Crippen LogP contribution >= 0.6 is 0 Å². The van der Waals surface area contributed by atoms with Crippen molar-refractivity contribution in [2.24, 2.45) is 5.41 Å². The highest BCUT2D eigenvalue weighted by Crippen LogP contribution is 2.41. The maximum atomic E-state index is 10.1. The first-order valence-corrected chi connectivity index (χ1v) is 9.21. The third-order valence-electron chi connectivity index (χ3n) is 5.41. The van der Waals surface area contributed by atoms with Crippen molar-refractivity contribution < 1.29 is 40.1 Å². The topological polar surface area (TPSA) is 140 Å². The normalized spacial score (nSPS) is 41.2. The zero-order valence-electron chi connectivity index (χ0n) is 16.2. The van der Waals surface area contributed by atoms with Crippen LogP contribution in [0.4, 0.5) is 0 Å². The molecule has 1 aliphatic heterocycles. The van der Waals surface area contributed by atoms with Crippen molar-refractivity contribution in [2.45, 2.75) is 83.1 Å². The van der Waals surface area contributed by atoms with Gasteiger partial charge in [-0.05, 0) is 36.8 Å². The Morgan fingerprint density at radius 2 is 1.78 bits per heavy atom. The number of rotatable bonds is 5. The second-order valence-electron chi connectivity index (χ2n) is 8.09. The Morgan fingerprint density at radius 3 is 2.37 bits per heavy atom. The van der Waals surface area contributed by atoms with Crippen LogP contribution in [0.5, 0.6) is 0 Å². The number of aliphatic hydroxyl groups excluding tert-OH is 6. The highest BCUT2D eigenvalue weighted by Gasteiger charge is 2.44. The molecule has 0 amide bonds. The Labute approximate surface area is 159 Å². The van der Waals surface area contributed by atoms with Crippen LogP contribution in [0.25, 0.3) is 0 Å². The van der Waals surface area contributed by atoms with Gasteiger partial charge < -0.3 is 40.1 Å². The molecule has 1 heterocycles. The van der Waals surface area contributed by atoms with Crippen molar-refractivity contribution in [3.05, 3.63) is 23.3 Å². The van der Waals surface area contributed by atoms with Crippen LogP contribution in [-0.2, 0) is 9.47 Å². The SMILES string of the molecule is CC1=C(/C=C\[C@H](C)O[C@@H]2O[C@H](CO)[C@@H](O)[C@H](O)[C@H]2O)C(C)(C)C[C@H](O)[C@@H]1O. The summed E-state index contributed by atoms with van der Waals surface area (Å²) in [6.45, 7) is 6.94. The van der Waals surface area contributed by atoms with Gasteiger partial charge >= 0.3 is 0 Å². The van der Waals surface area contributed by atoms with Gasteiger partial charge in [-0.25, -0.2) is 0 Å². The second kappa shape index (κ2) is 8.67. The summed E-state index contributed by atoms with van der Waals surface area (Å²) in [4.78, 5) is 0. The van der Waals surface area contributed by atoms with Crippen molar-refractivity contribution in [2.75, 3.05) is 6.61 Å². The van der Waals surface area contributed by atoms with Crippen molar-refractivity contribution in [3.63, 3.8) is 0 Å². The van der Waals surface area contributed by atoms with Gasteiger partial charge in [0.1, 0.15) is 30.5 Å². The van der Waals surface area contributed by atoms with E-state index in [1.54, 1.807) is 19.9 Å². The largest absolute Gasteiger partial charge is 0.394 e. The van der Waals surface area contributed by atoms with E-state index in [0.717, 1.165) is 5.57 Å². The molecule has 0 aromatic heterocycles. The number of hydrogen-bond acceptors (Lipinski definition) is 8. The maximum Gasteiger partial charge on any atom is 0.187 e. The number of aliphatic hydroxyl groups is 6. The molecule has 156 valence electrons.